The van der Waals surface area contributed by atoms with E-state index in [1.54, 1.807) is 7.11 Å². The van der Waals surface area contributed by atoms with E-state index in [1.807, 2.05) is 0 Å². The molecular weight excluding hydrogens is 184 g/mol. The van der Waals surface area contributed by atoms with Crippen LogP contribution in [0, 0.1) is 0 Å². The molecular formula is C14H16O. The summed E-state index contributed by atoms with van der Waals surface area (Å²) in [4.78, 5) is 0. The SMILES string of the molecule is COC(C)Cc1ccc2ccccc2c1. The van der Waals surface area contributed by atoms with Gasteiger partial charge in [-0.2, -0.15) is 0 Å². The van der Waals surface area contributed by atoms with E-state index in [0.29, 0.717) is 0 Å². The minimum Gasteiger partial charge on any atom is -0.381 e. The first kappa shape index (κ1) is 10.2. The van der Waals surface area contributed by atoms with Gasteiger partial charge >= 0.3 is 0 Å². The topological polar surface area (TPSA) is 9.23 Å². The highest BCUT2D eigenvalue weighted by Crippen LogP contribution is 2.16. The number of ether oxygens (including phenoxy) is 1. The van der Waals surface area contributed by atoms with Crippen molar-refractivity contribution in [3.05, 3.63) is 48.0 Å². The maximum Gasteiger partial charge on any atom is 0.0583 e. The third kappa shape index (κ3) is 2.37. The third-order valence-corrected chi connectivity index (χ3v) is 2.74. The normalized spacial score (nSPS) is 12.9. The Morgan fingerprint density at radius 3 is 2.53 bits per heavy atom. The van der Waals surface area contributed by atoms with Crippen LogP contribution in [-0.4, -0.2) is 13.2 Å². The molecule has 2 rings (SSSR count). The van der Waals surface area contributed by atoms with Gasteiger partial charge in [0.15, 0.2) is 0 Å². The van der Waals surface area contributed by atoms with Gasteiger partial charge in [0.2, 0.25) is 0 Å². The van der Waals surface area contributed by atoms with Crippen molar-refractivity contribution in [3.8, 4) is 0 Å². The summed E-state index contributed by atoms with van der Waals surface area (Å²) in [5.74, 6) is 0. The zero-order valence-corrected chi connectivity index (χ0v) is 9.23. The van der Waals surface area contributed by atoms with Gasteiger partial charge in [-0.3, -0.25) is 0 Å². The van der Waals surface area contributed by atoms with Gasteiger partial charge in [-0.15, -0.1) is 0 Å². The number of benzene rings is 2. The minimum atomic E-state index is 0.283. The molecule has 0 saturated carbocycles. The van der Waals surface area contributed by atoms with E-state index in [1.165, 1.54) is 16.3 Å². The molecule has 0 aliphatic heterocycles. The van der Waals surface area contributed by atoms with E-state index in [0.717, 1.165) is 6.42 Å². The summed E-state index contributed by atoms with van der Waals surface area (Å²) in [5.41, 5.74) is 1.34. The van der Waals surface area contributed by atoms with Gasteiger partial charge < -0.3 is 4.74 Å². The number of fused-ring (bicyclic) bond motifs is 1. The van der Waals surface area contributed by atoms with Crippen molar-refractivity contribution in [2.45, 2.75) is 19.4 Å². The lowest BCUT2D eigenvalue weighted by Crippen LogP contribution is -2.08. The Morgan fingerprint density at radius 1 is 1.07 bits per heavy atom. The highest BCUT2D eigenvalue weighted by atomic mass is 16.5. The largest absolute Gasteiger partial charge is 0.381 e. The van der Waals surface area contributed by atoms with Crippen molar-refractivity contribution >= 4 is 10.8 Å². The Morgan fingerprint density at radius 2 is 1.80 bits per heavy atom. The lowest BCUT2D eigenvalue weighted by Gasteiger charge is -2.09. The molecule has 0 bridgehead atoms. The lowest BCUT2D eigenvalue weighted by molar-refractivity contribution is 0.119. The predicted octanol–water partition coefficient (Wildman–Crippen LogP) is 3.42. The molecule has 0 amide bonds. The standard InChI is InChI=1S/C14H16O/c1-11(15-2)9-12-7-8-13-5-3-4-6-14(13)10-12/h3-8,10-11H,9H2,1-2H3. The monoisotopic (exact) mass is 200 g/mol. The number of hydrogen-bond acceptors (Lipinski definition) is 1. The van der Waals surface area contributed by atoms with Gasteiger partial charge in [0.05, 0.1) is 6.10 Å². The Labute approximate surface area is 90.7 Å². The molecule has 0 heterocycles. The zero-order valence-electron chi connectivity index (χ0n) is 9.23. The van der Waals surface area contributed by atoms with Gasteiger partial charge in [-0.25, -0.2) is 0 Å². The van der Waals surface area contributed by atoms with Crippen LogP contribution in [0.2, 0.25) is 0 Å². The molecule has 78 valence electrons. The molecule has 0 aromatic heterocycles. The molecule has 1 unspecified atom stereocenters. The second-order valence-electron chi connectivity index (χ2n) is 3.93. The molecule has 0 saturated heterocycles. The Kier molecular flexibility index (Phi) is 3.02. The van der Waals surface area contributed by atoms with Crippen LogP contribution >= 0.6 is 0 Å². The van der Waals surface area contributed by atoms with Crippen LogP contribution in [0.3, 0.4) is 0 Å². The average molecular weight is 200 g/mol. The number of methoxy groups -OCH3 is 1. The average Bonchev–Trinajstić information content (AvgIpc) is 2.29. The Balaban J connectivity index is 2.30. The van der Waals surface area contributed by atoms with Crippen molar-refractivity contribution < 1.29 is 4.74 Å². The summed E-state index contributed by atoms with van der Waals surface area (Å²) in [6.07, 6.45) is 1.26. The molecule has 1 heteroatoms. The van der Waals surface area contributed by atoms with Crippen molar-refractivity contribution in [3.63, 3.8) is 0 Å². The summed E-state index contributed by atoms with van der Waals surface area (Å²) < 4.78 is 5.27. The van der Waals surface area contributed by atoms with Crippen LogP contribution in [0.4, 0.5) is 0 Å². The van der Waals surface area contributed by atoms with Gasteiger partial charge in [-0.1, -0.05) is 42.5 Å². The van der Waals surface area contributed by atoms with Crippen LogP contribution < -0.4 is 0 Å². The van der Waals surface area contributed by atoms with Crippen LogP contribution in [0.15, 0.2) is 42.5 Å². The fraction of sp³-hybridized carbons (Fsp3) is 0.286. The zero-order chi connectivity index (χ0) is 10.7. The van der Waals surface area contributed by atoms with Crippen LogP contribution in [0.25, 0.3) is 10.8 Å². The van der Waals surface area contributed by atoms with Crippen LogP contribution in [0.5, 0.6) is 0 Å². The maximum absolute atomic E-state index is 5.27. The number of rotatable bonds is 3. The predicted molar refractivity (Wildman–Crippen MR) is 64.1 cm³/mol. The number of hydrogen-bond donors (Lipinski definition) is 0. The first-order chi connectivity index (χ1) is 7.29. The van der Waals surface area contributed by atoms with Gasteiger partial charge in [0.1, 0.15) is 0 Å². The molecule has 0 aliphatic carbocycles. The van der Waals surface area contributed by atoms with Gasteiger partial charge in [0, 0.05) is 7.11 Å². The summed E-state index contributed by atoms with van der Waals surface area (Å²) >= 11 is 0. The molecule has 0 radical (unpaired) electrons. The van der Waals surface area contributed by atoms with Crippen molar-refractivity contribution in [2.75, 3.05) is 7.11 Å². The summed E-state index contributed by atoms with van der Waals surface area (Å²) in [6.45, 7) is 2.09. The fourth-order valence-corrected chi connectivity index (χ4v) is 1.78. The first-order valence-corrected chi connectivity index (χ1v) is 5.30. The molecule has 0 fully saturated rings. The van der Waals surface area contributed by atoms with Crippen molar-refractivity contribution in [1.82, 2.24) is 0 Å². The van der Waals surface area contributed by atoms with E-state index < -0.39 is 0 Å². The Bertz CT molecular complexity index is 448. The second-order valence-corrected chi connectivity index (χ2v) is 3.93. The molecule has 2 aromatic carbocycles. The fourth-order valence-electron chi connectivity index (χ4n) is 1.78. The third-order valence-electron chi connectivity index (χ3n) is 2.74. The lowest BCUT2D eigenvalue weighted by atomic mass is 10.0. The molecule has 1 nitrogen and oxygen atoms in total. The second kappa shape index (κ2) is 4.45. The van der Waals surface area contributed by atoms with E-state index >= 15 is 0 Å². The highest BCUT2D eigenvalue weighted by molar-refractivity contribution is 5.82. The Hall–Kier alpha value is -1.34. The van der Waals surface area contributed by atoms with Crippen molar-refractivity contribution in [1.29, 1.82) is 0 Å². The van der Waals surface area contributed by atoms with E-state index in [9.17, 15) is 0 Å². The quantitative estimate of drug-likeness (QED) is 0.737. The summed E-state index contributed by atoms with van der Waals surface area (Å²) in [6, 6.07) is 15.0. The van der Waals surface area contributed by atoms with E-state index in [4.69, 9.17) is 4.74 Å². The molecule has 0 N–H and O–H groups in total. The molecule has 15 heavy (non-hydrogen) atoms. The molecule has 2 aromatic rings. The molecule has 1 atom stereocenters. The maximum atomic E-state index is 5.27. The molecule has 0 aliphatic rings. The van der Waals surface area contributed by atoms with Gasteiger partial charge in [-0.05, 0) is 29.7 Å². The van der Waals surface area contributed by atoms with Gasteiger partial charge in [0.25, 0.3) is 0 Å². The molecule has 0 spiro atoms. The highest BCUT2D eigenvalue weighted by Gasteiger charge is 2.02. The smallest absolute Gasteiger partial charge is 0.0583 e. The van der Waals surface area contributed by atoms with Crippen molar-refractivity contribution in [2.24, 2.45) is 0 Å². The van der Waals surface area contributed by atoms with Crippen LogP contribution in [-0.2, 0) is 11.2 Å². The van der Waals surface area contributed by atoms with Crippen LogP contribution in [0.1, 0.15) is 12.5 Å². The summed E-state index contributed by atoms with van der Waals surface area (Å²) in [7, 11) is 1.76. The van der Waals surface area contributed by atoms with E-state index in [-0.39, 0.29) is 6.10 Å². The minimum absolute atomic E-state index is 0.283. The first-order valence-electron chi connectivity index (χ1n) is 5.30. The van der Waals surface area contributed by atoms with E-state index in [2.05, 4.69) is 49.4 Å². The summed E-state index contributed by atoms with van der Waals surface area (Å²) in [5, 5.41) is 2.60.